The highest BCUT2D eigenvalue weighted by molar-refractivity contribution is 8.06. The number of hydrogen-bond acceptors (Lipinski definition) is 7. The van der Waals surface area contributed by atoms with Crippen molar-refractivity contribution >= 4 is 35.4 Å². The molecular formula is C15H13NO6S. The Kier molecular flexibility index (Phi) is 4.85. The Hall–Kier alpha value is -2.61. The van der Waals surface area contributed by atoms with Gasteiger partial charge in [0.1, 0.15) is 0 Å². The van der Waals surface area contributed by atoms with Crippen LogP contribution in [0.2, 0.25) is 0 Å². The van der Waals surface area contributed by atoms with Gasteiger partial charge >= 0.3 is 11.9 Å². The van der Waals surface area contributed by atoms with Crippen molar-refractivity contribution < 1.29 is 28.7 Å². The number of ether oxygens (including phenoxy) is 2. The van der Waals surface area contributed by atoms with Gasteiger partial charge in [-0.15, -0.1) is 0 Å². The van der Waals surface area contributed by atoms with Crippen LogP contribution in [0.5, 0.6) is 0 Å². The summed E-state index contributed by atoms with van der Waals surface area (Å²) in [4.78, 5) is 46.3. The number of esters is 2. The van der Waals surface area contributed by atoms with Crippen LogP contribution in [0.4, 0.5) is 0 Å². The van der Waals surface area contributed by atoms with Crippen LogP contribution in [0.15, 0.2) is 41.3 Å². The normalized spacial score (nSPS) is 15.9. The molecule has 0 saturated heterocycles. The minimum Gasteiger partial charge on any atom is -0.466 e. The molecule has 1 aromatic rings. The molecule has 0 spiro atoms. The van der Waals surface area contributed by atoms with Gasteiger partial charge in [0.05, 0.1) is 19.1 Å². The quantitative estimate of drug-likeness (QED) is 0.490. The summed E-state index contributed by atoms with van der Waals surface area (Å²) in [6, 6.07) is 8.19. The molecule has 1 heterocycles. The number of carbonyl (C=O) groups is 4. The second-order valence-corrected chi connectivity index (χ2v) is 5.72. The molecular weight excluding hydrogens is 322 g/mol. The molecule has 0 radical (unpaired) electrons. The number of carbonyl (C=O) groups excluding carboxylic acids is 4. The molecule has 0 unspecified atom stereocenters. The van der Waals surface area contributed by atoms with E-state index in [0.717, 1.165) is 20.3 Å². The number of rotatable bonds is 4. The standard InChI is InChI=1S/C15H13NO6S/c1-21-13(19)15(14(20)22-2)16-11(17)8-10(23-15)12(18)9-6-4-3-5-7-9/h3-8H,1-2H3,(H,16,17). The van der Waals surface area contributed by atoms with E-state index in [9.17, 15) is 19.2 Å². The van der Waals surface area contributed by atoms with Gasteiger partial charge in [0.2, 0.25) is 5.91 Å². The highest BCUT2D eigenvalue weighted by atomic mass is 32.2. The van der Waals surface area contributed by atoms with Crippen LogP contribution in [0.3, 0.4) is 0 Å². The molecule has 0 atom stereocenters. The summed E-state index contributed by atoms with van der Waals surface area (Å²) in [6.45, 7) is 0. The van der Waals surface area contributed by atoms with Crippen molar-refractivity contribution in [2.45, 2.75) is 4.87 Å². The zero-order chi connectivity index (χ0) is 17.0. The first-order valence-corrected chi connectivity index (χ1v) is 7.25. The Bertz CT molecular complexity index is 681. The molecule has 1 aromatic carbocycles. The zero-order valence-corrected chi connectivity index (χ0v) is 13.1. The van der Waals surface area contributed by atoms with Gasteiger partial charge in [-0.05, 0) is 0 Å². The lowest BCUT2D eigenvalue weighted by atomic mass is 10.1. The monoisotopic (exact) mass is 335 g/mol. The predicted octanol–water partition coefficient (Wildman–Crippen LogP) is 0.658. The first-order chi connectivity index (χ1) is 10.9. The third-order valence-electron chi connectivity index (χ3n) is 3.03. The van der Waals surface area contributed by atoms with E-state index in [4.69, 9.17) is 0 Å². The van der Waals surface area contributed by atoms with Gasteiger partial charge in [-0.1, -0.05) is 42.1 Å². The molecule has 1 amide bonds. The molecule has 23 heavy (non-hydrogen) atoms. The summed E-state index contributed by atoms with van der Waals surface area (Å²) >= 11 is 0.582. The second-order valence-electron chi connectivity index (χ2n) is 4.46. The van der Waals surface area contributed by atoms with Crippen molar-refractivity contribution in [2.75, 3.05) is 14.2 Å². The fraction of sp³-hybridized carbons (Fsp3) is 0.200. The fourth-order valence-electron chi connectivity index (χ4n) is 1.95. The number of ketones is 1. The van der Waals surface area contributed by atoms with E-state index in [-0.39, 0.29) is 4.91 Å². The molecule has 120 valence electrons. The van der Waals surface area contributed by atoms with Crippen molar-refractivity contribution in [3.05, 3.63) is 46.9 Å². The van der Waals surface area contributed by atoms with Crippen molar-refractivity contribution in [3.8, 4) is 0 Å². The molecule has 0 fully saturated rings. The molecule has 7 nitrogen and oxygen atoms in total. The first kappa shape index (κ1) is 16.8. The number of thioether (sulfide) groups is 1. The Morgan fingerprint density at radius 2 is 1.61 bits per heavy atom. The van der Waals surface area contributed by atoms with Crippen molar-refractivity contribution in [1.82, 2.24) is 5.32 Å². The van der Waals surface area contributed by atoms with Crippen LogP contribution in [-0.2, 0) is 23.9 Å². The highest BCUT2D eigenvalue weighted by Gasteiger charge is 2.54. The van der Waals surface area contributed by atoms with Crippen molar-refractivity contribution in [2.24, 2.45) is 0 Å². The Morgan fingerprint density at radius 1 is 1.04 bits per heavy atom. The van der Waals surface area contributed by atoms with E-state index in [2.05, 4.69) is 14.8 Å². The van der Waals surface area contributed by atoms with Gasteiger partial charge in [0, 0.05) is 11.6 Å². The third-order valence-corrected chi connectivity index (χ3v) is 4.29. The van der Waals surface area contributed by atoms with Crippen molar-refractivity contribution in [1.29, 1.82) is 0 Å². The molecule has 0 saturated carbocycles. The Labute approximate surface area is 136 Å². The van der Waals surface area contributed by atoms with Crippen LogP contribution >= 0.6 is 11.8 Å². The number of allylic oxidation sites excluding steroid dienone is 1. The molecule has 2 rings (SSSR count). The van der Waals surface area contributed by atoms with Crippen molar-refractivity contribution in [3.63, 3.8) is 0 Å². The van der Waals surface area contributed by atoms with Gasteiger partial charge in [-0.3, -0.25) is 9.59 Å². The van der Waals surface area contributed by atoms with Gasteiger partial charge in [-0.2, -0.15) is 0 Å². The Balaban J connectivity index is 2.43. The molecule has 1 aliphatic rings. The van der Waals surface area contributed by atoms with Crippen LogP contribution < -0.4 is 5.32 Å². The molecule has 0 aromatic heterocycles. The van der Waals surface area contributed by atoms with Gasteiger partial charge in [0.15, 0.2) is 5.78 Å². The van der Waals surface area contributed by atoms with E-state index in [1.165, 1.54) is 0 Å². The number of amides is 1. The van der Waals surface area contributed by atoms with Crippen LogP contribution in [0.25, 0.3) is 0 Å². The smallest absolute Gasteiger partial charge is 0.354 e. The molecule has 1 N–H and O–H groups in total. The first-order valence-electron chi connectivity index (χ1n) is 6.44. The summed E-state index contributed by atoms with van der Waals surface area (Å²) in [5.74, 6) is -3.32. The molecule has 0 aliphatic carbocycles. The van der Waals surface area contributed by atoms with E-state index in [1.807, 2.05) is 0 Å². The number of nitrogens with one attached hydrogen (secondary N) is 1. The van der Waals surface area contributed by atoms with E-state index in [1.54, 1.807) is 30.3 Å². The lowest BCUT2D eigenvalue weighted by molar-refractivity contribution is -0.158. The Morgan fingerprint density at radius 3 is 2.13 bits per heavy atom. The maximum Gasteiger partial charge on any atom is 0.354 e. The largest absolute Gasteiger partial charge is 0.466 e. The highest BCUT2D eigenvalue weighted by Crippen LogP contribution is 2.37. The number of methoxy groups -OCH3 is 2. The maximum atomic E-state index is 12.5. The lowest BCUT2D eigenvalue weighted by Gasteiger charge is -2.31. The third kappa shape index (κ3) is 3.11. The summed E-state index contributed by atoms with van der Waals surface area (Å²) < 4.78 is 9.17. The maximum absolute atomic E-state index is 12.5. The lowest BCUT2D eigenvalue weighted by Crippen LogP contribution is -2.60. The van der Waals surface area contributed by atoms with Gasteiger partial charge in [0.25, 0.3) is 4.87 Å². The summed E-state index contributed by atoms with van der Waals surface area (Å²) in [7, 11) is 2.13. The second kappa shape index (κ2) is 6.66. The average molecular weight is 335 g/mol. The van der Waals surface area contributed by atoms with Crippen LogP contribution in [-0.4, -0.2) is 42.7 Å². The zero-order valence-electron chi connectivity index (χ0n) is 12.3. The number of benzene rings is 1. The molecule has 8 heteroatoms. The van der Waals surface area contributed by atoms with E-state index < -0.39 is 28.5 Å². The predicted molar refractivity (Wildman–Crippen MR) is 81.4 cm³/mol. The average Bonchev–Trinajstić information content (AvgIpc) is 2.59. The van der Waals surface area contributed by atoms with Gasteiger partial charge in [-0.25, -0.2) is 9.59 Å². The summed E-state index contributed by atoms with van der Waals surface area (Å²) in [5.41, 5.74) is 0.324. The van der Waals surface area contributed by atoms with Crippen LogP contribution in [0.1, 0.15) is 10.4 Å². The minimum absolute atomic E-state index is 0.0595. The summed E-state index contributed by atoms with van der Waals surface area (Å²) in [6.07, 6.45) is 1.03. The number of hydrogen-bond donors (Lipinski definition) is 1. The van der Waals surface area contributed by atoms with E-state index in [0.29, 0.717) is 17.3 Å². The fourth-order valence-corrected chi connectivity index (χ4v) is 3.14. The SMILES string of the molecule is COC(=O)C1(C(=O)OC)NC(=O)C=C(C(=O)c2ccccc2)S1. The number of Topliss-reactive ketones (excluding diaryl/α,β-unsaturated/α-hetero) is 1. The summed E-state index contributed by atoms with van der Waals surface area (Å²) in [5, 5.41) is 2.21. The molecule has 1 aliphatic heterocycles. The minimum atomic E-state index is -2.14. The van der Waals surface area contributed by atoms with Crippen LogP contribution in [0, 0.1) is 0 Å². The molecule has 0 bridgehead atoms. The van der Waals surface area contributed by atoms with E-state index >= 15 is 0 Å². The topological polar surface area (TPSA) is 98.8 Å². The van der Waals surface area contributed by atoms with Gasteiger partial charge < -0.3 is 14.8 Å².